The number of ether oxygens (including phenoxy) is 1. The first-order valence-corrected chi connectivity index (χ1v) is 8.92. The molecule has 5 nitrogen and oxygen atoms in total. The molecular weight excluding hydrogens is 361 g/mol. The number of nitrogens with one attached hydrogen (secondary N) is 1. The van der Waals surface area contributed by atoms with Crippen molar-refractivity contribution < 1.29 is 27.5 Å². The Morgan fingerprint density at radius 3 is 2.48 bits per heavy atom. The van der Waals surface area contributed by atoms with Crippen LogP contribution in [0.25, 0.3) is 0 Å². The molecule has 1 aliphatic rings. The zero-order valence-electron chi connectivity index (χ0n) is 15.5. The van der Waals surface area contributed by atoms with Crippen LogP contribution < -0.4 is 5.32 Å². The molecule has 1 aromatic rings. The summed E-state index contributed by atoms with van der Waals surface area (Å²) in [6, 6.07) is 6.80. The van der Waals surface area contributed by atoms with Gasteiger partial charge in [-0.3, -0.25) is 9.59 Å². The molecule has 0 unspecified atom stereocenters. The summed E-state index contributed by atoms with van der Waals surface area (Å²) in [4.78, 5) is 26.0. The maximum atomic E-state index is 12.3. The van der Waals surface area contributed by atoms with Crippen LogP contribution in [0.1, 0.15) is 31.4 Å². The molecule has 2 amide bonds. The quantitative estimate of drug-likeness (QED) is 0.748. The van der Waals surface area contributed by atoms with Gasteiger partial charge in [0.15, 0.2) is 0 Å². The van der Waals surface area contributed by atoms with Crippen LogP contribution in [0.4, 0.5) is 13.2 Å². The van der Waals surface area contributed by atoms with Crippen LogP contribution in [0.15, 0.2) is 24.3 Å². The molecule has 0 aromatic heterocycles. The Morgan fingerprint density at radius 1 is 1.26 bits per heavy atom. The van der Waals surface area contributed by atoms with E-state index in [1.807, 2.05) is 13.8 Å². The van der Waals surface area contributed by atoms with Crippen LogP contribution in [0.5, 0.6) is 0 Å². The van der Waals surface area contributed by atoms with Crippen LogP contribution in [-0.4, -0.2) is 42.6 Å². The van der Waals surface area contributed by atoms with Gasteiger partial charge in [-0.15, -0.1) is 0 Å². The molecule has 27 heavy (non-hydrogen) atoms. The minimum atomic E-state index is -4.34. The van der Waals surface area contributed by atoms with Gasteiger partial charge in [-0.25, -0.2) is 0 Å². The largest absolute Gasteiger partial charge is 0.411 e. The Morgan fingerprint density at radius 2 is 1.89 bits per heavy atom. The Bertz CT molecular complexity index is 645. The molecular formula is C19H25F3N2O3. The first kappa shape index (κ1) is 21.2. The first-order chi connectivity index (χ1) is 12.6. The van der Waals surface area contributed by atoms with Crippen molar-refractivity contribution in [3.63, 3.8) is 0 Å². The summed E-state index contributed by atoms with van der Waals surface area (Å²) in [5, 5.41) is 2.82. The number of carbonyl (C=O) groups excluding carboxylic acids is 2. The van der Waals surface area contributed by atoms with Crippen molar-refractivity contribution in [2.75, 3.05) is 19.7 Å². The second-order valence-electron chi connectivity index (χ2n) is 7.24. The predicted octanol–water partition coefficient (Wildman–Crippen LogP) is 2.89. The van der Waals surface area contributed by atoms with Gasteiger partial charge < -0.3 is 15.0 Å². The van der Waals surface area contributed by atoms with Crippen molar-refractivity contribution in [3.05, 3.63) is 35.4 Å². The molecule has 0 saturated carbocycles. The molecule has 1 saturated heterocycles. The van der Waals surface area contributed by atoms with E-state index in [4.69, 9.17) is 0 Å². The number of rotatable bonds is 8. The number of carbonyl (C=O) groups is 2. The third-order valence-electron chi connectivity index (χ3n) is 4.19. The van der Waals surface area contributed by atoms with Gasteiger partial charge >= 0.3 is 6.18 Å². The van der Waals surface area contributed by atoms with Gasteiger partial charge in [-0.1, -0.05) is 38.1 Å². The molecule has 1 N–H and O–H groups in total. The SMILES string of the molecule is CC(C)CN1C[C@H](C(=O)NCc2ccc(COCC(F)(F)F)cc2)CC1=O. The van der Waals surface area contributed by atoms with E-state index in [0.29, 0.717) is 31.1 Å². The molecule has 1 atom stereocenters. The van der Waals surface area contributed by atoms with E-state index in [-0.39, 0.29) is 30.8 Å². The molecule has 1 heterocycles. The van der Waals surface area contributed by atoms with Gasteiger partial charge in [0.2, 0.25) is 11.8 Å². The van der Waals surface area contributed by atoms with Gasteiger partial charge in [0.25, 0.3) is 0 Å². The Labute approximate surface area is 156 Å². The summed E-state index contributed by atoms with van der Waals surface area (Å²) in [6.45, 7) is 4.05. The molecule has 1 aromatic carbocycles. The predicted molar refractivity (Wildman–Crippen MR) is 93.5 cm³/mol. The molecule has 150 valence electrons. The zero-order valence-corrected chi connectivity index (χ0v) is 15.5. The minimum absolute atomic E-state index is 0.00654. The average molecular weight is 386 g/mol. The molecule has 0 spiro atoms. The summed E-state index contributed by atoms with van der Waals surface area (Å²) < 4.78 is 40.7. The number of alkyl halides is 3. The van der Waals surface area contributed by atoms with E-state index >= 15 is 0 Å². The monoisotopic (exact) mass is 386 g/mol. The summed E-state index contributed by atoms with van der Waals surface area (Å²) in [7, 11) is 0. The maximum absolute atomic E-state index is 12.3. The normalized spacial score (nSPS) is 17.6. The minimum Gasteiger partial charge on any atom is -0.367 e. The Kier molecular flexibility index (Phi) is 7.24. The second kappa shape index (κ2) is 9.21. The third kappa shape index (κ3) is 7.21. The fourth-order valence-electron chi connectivity index (χ4n) is 2.94. The van der Waals surface area contributed by atoms with E-state index in [2.05, 4.69) is 10.1 Å². The molecule has 0 bridgehead atoms. The molecule has 8 heteroatoms. The van der Waals surface area contributed by atoms with Crippen molar-refractivity contribution in [1.82, 2.24) is 10.2 Å². The van der Waals surface area contributed by atoms with E-state index in [9.17, 15) is 22.8 Å². The van der Waals surface area contributed by atoms with Crippen molar-refractivity contribution in [3.8, 4) is 0 Å². The van der Waals surface area contributed by atoms with Gasteiger partial charge in [0, 0.05) is 26.1 Å². The van der Waals surface area contributed by atoms with Crippen molar-refractivity contribution in [2.24, 2.45) is 11.8 Å². The standard InChI is InChI=1S/C19H25F3N2O3/c1-13(2)9-24-10-16(7-17(24)25)18(26)23-8-14-3-5-15(6-4-14)11-27-12-19(20,21)22/h3-6,13,16H,7-12H2,1-2H3,(H,23,26)/t16-/m1/s1. The summed E-state index contributed by atoms with van der Waals surface area (Å²) in [5.41, 5.74) is 1.45. The van der Waals surface area contributed by atoms with Crippen LogP contribution >= 0.6 is 0 Å². The highest BCUT2D eigenvalue weighted by Gasteiger charge is 2.34. The molecule has 1 fully saturated rings. The fourth-order valence-corrected chi connectivity index (χ4v) is 2.94. The molecule has 0 radical (unpaired) electrons. The van der Waals surface area contributed by atoms with E-state index < -0.39 is 12.8 Å². The van der Waals surface area contributed by atoms with Crippen LogP contribution in [0, 0.1) is 11.8 Å². The van der Waals surface area contributed by atoms with Gasteiger partial charge in [0.1, 0.15) is 6.61 Å². The van der Waals surface area contributed by atoms with Gasteiger partial charge in [-0.2, -0.15) is 13.2 Å². The Balaban J connectivity index is 1.76. The van der Waals surface area contributed by atoms with E-state index in [1.165, 1.54) is 0 Å². The highest BCUT2D eigenvalue weighted by molar-refractivity contribution is 5.89. The van der Waals surface area contributed by atoms with E-state index in [1.54, 1.807) is 29.2 Å². The topological polar surface area (TPSA) is 58.6 Å². The smallest absolute Gasteiger partial charge is 0.367 e. The number of hydrogen-bond donors (Lipinski definition) is 1. The van der Waals surface area contributed by atoms with Gasteiger partial charge in [0.05, 0.1) is 12.5 Å². The van der Waals surface area contributed by atoms with Crippen LogP contribution in [0.3, 0.4) is 0 Å². The third-order valence-corrected chi connectivity index (χ3v) is 4.19. The highest BCUT2D eigenvalue weighted by atomic mass is 19.4. The number of amides is 2. The number of halogens is 3. The fraction of sp³-hybridized carbons (Fsp3) is 0.579. The number of nitrogens with zero attached hydrogens (tertiary/aromatic N) is 1. The number of likely N-dealkylation sites (tertiary alicyclic amines) is 1. The molecule has 1 aliphatic heterocycles. The molecule has 0 aliphatic carbocycles. The second-order valence-corrected chi connectivity index (χ2v) is 7.24. The Hall–Kier alpha value is -2.09. The van der Waals surface area contributed by atoms with Crippen LogP contribution in [-0.2, 0) is 27.5 Å². The summed E-state index contributed by atoms with van der Waals surface area (Å²) >= 11 is 0. The van der Waals surface area contributed by atoms with Crippen molar-refractivity contribution in [2.45, 2.75) is 39.6 Å². The van der Waals surface area contributed by atoms with Crippen LogP contribution in [0.2, 0.25) is 0 Å². The summed E-state index contributed by atoms with van der Waals surface area (Å²) in [6.07, 6.45) is -4.11. The summed E-state index contributed by atoms with van der Waals surface area (Å²) in [5.74, 6) is -0.139. The van der Waals surface area contributed by atoms with E-state index in [0.717, 1.165) is 5.56 Å². The lowest BCUT2D eigenvalue weighted by Gasteiger charge is -2.18. The van der Waals surface area contributed by atoms with Crippen molar-refractivity contribution in [1.29, 1.82) is 0 Å². The lowest BCUT2D eigenvalue weighted by atomic mass is 10.1. The number of benzene rings is 1. The highest BCUT2D eigenvalue weighted by Crippen LogP contribution is 2.19. The maximum Gasteiger partial charge on any atom is 0.411 e. The van der Waals surface area contributed by atoms with Crippen molar-refractivity contribution >= 4 is 11.8 Å². The lowest BCUT2D eigenvalue weighted by Crippen LogP contribution is -2.33. The van der Waals surface area contributed by atoms with Gasteiger partial charge in [-0.05, 0) is 17.0 Å². The number of hydrogen-bond acceptors (Lipinski definition) is 3. The zero-order chi connectivity index (χ0) is 20.0. The average Bonchev–Trinajstić information content (AvgIpc) is 2.93. The molecule has 2 rings (SSSR count). The first-order valence-electron chi connectivity index (χ1n) is 8.92. The lowest BCUT2D eigenvalue weighted by molar-refractivity contribution is -0.176.